The third-order valence-corrected chi connectivity index (χ3v) is 4.11. The topological polar surface area (TPSA) is 53.7 Å². The SMILES string of the molecule is COc1c(Br)cc2c(c1C1(N)CCC1)OCO2. The van der Waals surface area contributed by atoms with Gasteiger partial charge in [-0.1, -0.05) is 0 Å². The van der Waals surface area contributed by atoms with Crippen LogP contribution in [-0.2, 0) is 5.54 Å². The summed E-state index contributed by atoms with van der Waals surface area (Å²) in [5.74, 6) is 2.24. The Morgan fingerprint density at radius 2 is 2.18 bits per heavy atom. The Balaban J connectivity index is 2.23. The minimum atomic E-state index is -0.340. The zero-order chi connectivity index (χ0) is 12.0. The first-order chi connectivity index (χ1) is 8.15. The fourth-order valence-corrected chi connectivity index (χ4v) is 3.02. The van der Waals surface area contributed by atoms with Crippen LogP contribution in [0.25, 0.3) is 0 Å². The lowest BCUT2D eigenvalue weighted by atomic mass is 9.72. The van der Waals surface area contributed by atoms with Crippen molar-refractivity contribution in [1.82, 2.24) is 0 Å². The number of fused-ring (bicyclic) bond motifs is 1. The van der Waals surface area contributed by atoms with Gasteiger partial charge in [-0.2, -0.15) is 0 Å². The highest BCUT2D eigenvalue weighted by Gasteiger charge is 2.42. The van der Waals surface area contributed by atoms with Gasteiger partial charge in [0.15, 0.2) is 11.5 Å². The average Bonchev–Trinajstić information content (AvgIpc) is 2.71. The number of rotatable bonds is 2. The highest BCUT2D eigenvalue weighted by molar-refractivity contribution is 9.10. The molecule has 92 valence electrons. The number of methoxy groups -OCH3 is 1. The zero-order valence-electron chi connectivity index (χ0n) is 9.59. The summed E-state index contributed by atoms with van der Waals surface area (Å²) in [7, 11) is 1.65. The van der Waals surface area contributed by atoms with Crippen LogP contribution in [0.2, 0.25) is 0 Å². The van der Waals surface area contributed by atoms with Crippen LogP contribution in [0.1, 0.15) is 24.8 Å². The van der Waals surface area contributed by atoms with Gasteiger partial charge in [0.2, 0.25) is 6.79 Å². The molecule has 1 fully saturated rings. The van der Waals surface area contributed by atoms with E-state index in [1.165, 1.54) is 0 Å². The second-order valence-corrected chi connectivity index (χ2v) is 5.36. The predicted octanol–water partition coefficient (Wildman–Crippen LogP) is 2.52. The van der Waals surface area contributed by atoms with Crippen molar-refractivity contribution < 1.29 is 14.2 Å². The molecule has 1 aromatic carbocycles. The maximum atomic E-state index is 6.41. The summed E-state index contributed by atoms with van der Waals surface area (Å²) in [4.78, 5) is 0. The van der Waals surface area contributed by atoms with Gasteiger partial charge < -0.3 is 19.9 Å². The predicted molar refractivity (Wildman–Crippen MR) is 66.5 cm³/mol. The lowest BCUT2D eigenvalue weighted by Gasteiger charge is -2.39. The maximum Gasteiger partial charge on any atom is 0.231 e. The Hall–Kier alpha value is -0.940. The third-order valence-electron chi connectivity index (χ3n) is 3.52. The van der Waals surface area contributed by atoms with Gasteiger partial charge in [-0.05, 0) is 35.2 Å². The van der Waals surface area contributed by atoms with Gasteiger partial charge in [-0.3, -0.25) is 0 Å². The van der Waals surface area contributed by atoms with Crippen LogP contribution in [0.3, 0.4) is 0 Å². The van der Waals surface area contributed by atoms with Crippen molar-refractivity contribution in [3.8, 4) is 17.2 Å². The van der Waals surface area contributed by atoms with Gasteiger partial charge in [0, 0.05) is 11.6 Å². The fraction of sp³-hybridized carbons (Fsp3) is 0.500. The molecule has 1 aromatic rings. The minimum Gasteiger partial charge on any atom is -0.495 e. The Bertz CT molecular complexity index is 468. The Morgan fingerprint density at radius 3 is 2.76 bits per heavy atom. The molecule has 5 heteroatoms. The summed E-state index contributed by atoms with van der Waals surface area (Å²) in [6.45, 7) is 0.248. The number of benzene rings is 1. The molecule has 1 heterocycles. The van der Waals surface area contributed by atoms with E-state index in [0.717, 1.165) is 46.5 Å². The monoisotopic (exact) mass is 299 g/mol. The Labute approximate surface area is 108 Å². The summed E-state index contributed by atoms with van der Waals surface area (Å²) < 4.78 is 17.3. The standard InChI is InChI=1S/C12H14BrNO3/c1-15-10-7(13)5-8-11(17-6-16-8)9(10)12(14)3-2-4-12/h5H,2-4,6,14H2,1H3. The molecule has 0 spiro atoms. The molecular weight excluding hydrogens is 286 g/mol. The van der Waals surface area contributed by atoms with Gasteiger partial charge in [-0.25, -0.2) is 0 Å². The van der Waals surface area contributed by atoms with Gasteiger partial charge >= 0.3 is 0 Å². The summed E-state index contributed by atoms with van der Waals surface area (Å²) >= 11 is 3.49. The highest BCUT2D eigenvalue weighted by atomic mass is 79.9. The minimum absolute atomic E-state index is 0.248. The molecule has 4 nitrogen and oxygen atoms in total. The largest absolute Gasteiger partial charge is 0.495 e. The summed E-state index contributed by atoms with van der Waals surface area (Å²) in [5.41, 5.74) is 7.00. The Morgan fingerprint density at radius 1 is 1.41 bits per heavy atom. The zero-order valence-corrected chi connectivity index (χ0v) is 11.2. The molecule has 0 amide bonds. The maximum absolute atomic E-state index is 6.41. The third kappa shape index (κ3) is 1.52. The van der Waals surface area contributed by atoms with Gasteiger partial charge in [-0.15, -0.1) is 0 Å². The van der Waals surface area contributed by atoms with E-state index < -0.39 is 0 Å². The van der Waals surface area contributed by atoms with Crippen LogP contribution in [0.15, 0.2) is 10.5 Å². The van der Waals surface area contributed by atoms with Crippen LogP contribution >= 0.6 is 15.9 Å². The molecule has 1 aliphatic heterocycles. The Kier molecular flexibility index (Phi) is 2.48. The highest BCUT2D eigenvalue weighted by Crippen LogP contribution is 2.54. The smallest absolute Gasteiger partial charge is 0.231 e. The van der Waals surface area contributed by atoms with Crippen molar-refractivity contribution >= 4 is 15.9 Å². The molecule has 0 aromatic heterocycles. The van der Waals surface area contributed by atoms with Crippen LogP contribution in [0.4, 0.5) is 0 Å². The first kappa shape index (κ1) is 11.2. The fourth-order valence-electron chi connectivity index (χ4n) is 2.45. The van der Waals surface area contributed by atoms with Crippen molar-refractivity contribution in [2.75, 3.05) is 13.9 Å². The average molecular weight is 300 g/mol. The van der Waals surface area contributed by atoms with E-state index in [4.69, 9.17) is 19.9 Å². The molecular formula is C12H14BrNO3. The lowest BCUT2D eigenvalue weighted by molar-refractivity contribution is 0.167. The van der Waals surface area contributed by atoms with Crippen LogP contribution < -0.4 is 19.9 Å². The van der Waals surface area contributed by atoms with E-state index >= 15 is 0 Å². The number of hydrogen-bond acceptors (Lipinski definition) is 4. The van der Waals surface area contributed by atoms with Crippen molar-refractivity contribution in [3.05, 3.63) is 16.1 Å². The first-order valence-corrected chi connectivity index (χ1v) is 6.40. The molecule has 0 unspecified atom stereocenters. The molecule has 0 radical (unpaired) electrons. The summed E-state index contributed by atoms with van der Waals surface area (Å²) in [6.07, 6.45) is 3.05. The number of hydrogen-bond donors (Lipinski definition) is 1. The van der Waals surface area contributed by atoms with Crippen molar-refractivity contribution in [1.29, 1.82) is 0 Å². The van der Waals surface area contributed by atoms with E-state index in [-0.39, 0.29) is 12.3 Å². The molecule has 2 aliphatic rings. The second-order valence-electron chi connectivity index (χ2n) is 4.51. The quantitative estimate of drug-likeness (QED) is 0.912. The van der Waals surface area contributed by atoms with E-state index in [9.17, 15) is 0 Å². The molecule has 0 saturated heterocycles. The molecule has 3 rings (SSSR count). The summed E-state index contributed by atoms with van der Waals surface area (Å²) in [5, 5.41) is 0. The van der Waals surface area contributed by atoms with Crippen LogP contribution in [0, 0.1) is 0 Å². The van der Waals surface area contributed by atoms with E-state index in [1.54, 1.807) is 7.11 Å². The van der Waals surface area contributed by atoms with Crippen LogP contribution in [-0.4, -0.2) is 13.9 Å². The molecule has 0 atom stereocenters. The summed E-state index contributed by atoms with van der Waals surface area (Å²) in [6, 6.07) is 1.87. The van der Waals surface area contributed by atoms with Gasteiger partial charge in [0.1, 0.15) is 5.75 Å². The number of nitrogens with two attached hydrogens (primary N) is 1. The van der Waals surface area contributed by atoms with E-state index in [2.05, 4.69) is 15.9 Å². The van der Waals surface area contributed by atoms with Gasteiger partial charge in [0.25, 0.3) is 0 Å². The second kappa shape index (κ2) is 3.78. The first-order valence-electron chi connectivity index (χ1n) is 5.61. The molecule has 1 saturated carbocycles. The van der Waals surface area contributed by atoms with E-state index in [1.807, 2.05) is 6.07 Å². The molecule has 1 aliphatic carbocycles. The lowest BCUT2D eigenvalue weighted by Crippen LogP contribution is -2.43. The van der Waals surface area contributed by atoms with E-state index in [0.29, 0.717) is 0 Å². The number of halogens is 1. The van der Waals surface area contributed by atoms with Crippen molar-refractivity contribution in [2.24, 2.45) is 5.73 Å². The van der Waals surface area contributed by atoms with Crippen molar-refractivity contribution in [2.45, 2.75) is 24.8 Å². The van der Waals surface area contributed by atoms with Crippen molar-refractivity contribution in [3.63, 3.8) is 0 Å². The molecule has 2 N–H and O–H groups in total. The molecule has 0 bridgehead atoms. The van der Waals surface area contributed by atoms with Crippen LogP contribution in [0.5, 0.6) is 17.2 Å². The normalized spacial score (nSPS) is 19.9. The molecule has 17 heavy (non-hydrogen) atoms. The number of ether oxygens (including phenoxy) is 3. The van der Waals surface area contributed by atoms with Gasteiger partial charge in [0.05, 0.1) is 17.1 Å².